The number of aryl methyl sites for hydroxylation is 1. The second-order valence-corrected chi connectivity index (χ2v) is 4.08. The van der Waals surface area contributed by atoms with E-state index in [4.69, 9.17) is 5.73 Å². The molecule has 1 heterocycles. The second-order valence-electron chi connectivity index (χ2n) is 4.08. The first-order valence-corrected chi connectivity index (χ1v) is 5.59. The van der Waals surface area contributed by atoms with E-state index in [1.165, 1.54) is 0 Å². The molecule has 2 atom stereocenters. The Morgan fingerprint density at radius 2 is 2.12 bits per heavy atom. The van der Waals surface area contributed by atoms with Crippen LogP contribution in [-0.2, 0) is 6.42 Å². The molecule has 16 heavy (non-hydrogen) atoms. The zero-order valence-corrected chi connectivity index (χ0v) is 10.1. The normalized spacial score (nSPS) is 14.5. The molecule has 5 nitrogen and oxygen atoms in total. The van der Waals surface area contributed by atoms with Gasteiger partial charge in [-0.2, -0.15) is 0 Å². The Morgan fingerprint density at radius 3 is 2.69 bits per heavy atom. The zero-order chi connectivity index (χ0) is 12.1. The number of aliphatic hydroxyl groups is 1. The molecule has 0 aliphatic carbocycles. The number of nitrogens with two attached hydrogens (primary N) is 1. The maximum atomic E-state index is 9.26. The smallest absolute Gasteiger partial charge is 0.132 e. The molecule has 0 amide bonds. The van der Waals surface area contributed by atoms with Crippen LogP contribution in [0.3, 0.4) is 0 Å². The summed E-state index contributed by atoms with van der Waals surface area (Å²) in [6, 6.07) is 1.86. The number of hydrogen-bond acceptors (Lipinski definition) is 5. The van der Waals surface area contributed by atoms with Crippen LogP contribution < -0.4 is 11.1 Å². The third-order valence-electron chi connectivity index (χ3n) is 2.20. The quantitative estimate of drug-likeness (QED) is 0.699. The van der Waals surface area contributed by atoms with Crippen molar-refractivity contribution in [2.45, 2.75) is 45.8 Å². The number of anilines is 2. The van der Waals surface area contributed by atoms with E-state index in [9.17, 15) is 5.11 Å². The molecular weight excluding hydrogens is 204 g/mol. The number of aromatic nitrogens is 2. The molecule has 0 spiro atoms. The number of aliphatic hydroxyl groups excluding tert-OH is 1. The summed E-state index contributed by atoms with van der Waals surface area (Å²) in [5, 5.41) is 12.5. The number of nitrogens with one attached hydrogen (secondary N) is 1. The Balaban J connectivity index is 2.69. The molecule has 0 aromatic carbocycles. The number of nitrogens with zero attached hydrogens (tertiary/aromatic N) is 2. The predicted molar refractivity (Wildman–Crippen MR) is 65.2 cm³/mol. The maximum Gasteiger partial charge on any atom is 0.132 e. The predicted octanol–water partition coefficient (Wildman–Crippen LogP) is 1.19. The van der Waals surface area contributed by atoms with Crippen molar-refractivity contribution in [2.75, 3.05) is 11.1 Å². The summed E-state index contributed by atoms with van der Waals surface area (Å²) in [4.78, 5) is 8.41. The van der Waals surface area contributed by atoms with Gasteiger partial charge in [0.05, 0.1) is 6.10 Å². The highest BCUT2D eigenvalue weighted by molar-refractivity contribution is 5.45. The van der Waals surface area contributed by atoms with E-state index in [-0.39, 0.29) is 12.1 Å². The van der Waals surface area contributed by atoms with Crippen LogP contribution in [0.2, 0.25) is 0 Å². The van der Waals surface area contributed by atoms with Crippen LogP contribution in [0.5, 0.6) is 0 Å². The van der Waals surface area contributed by atoms with Crippen molar-refractivity contribution in [3.05, 3.63) is 11.9 Å². The van der Waals surface area contributed by atoms with Crippen molar-refractivity contribution in [3.63, 3.8) is 0 Å². The molecule has 90 valence electrons. The summed E-state index contributed by atoms with van der Waals surface area (Å²) in [6.07, 6.45) is 1.10. The number of hydrogen-bond donors (Lipinski definition) is 3. The number of nitrogen functional groups attached to an aromatic ring is 1. The van der Waals surface area contributed by atoms with Gasteiger partial charge >= 0.3 is 0 Å². The van der Waals surface area contributed by atoms with E-state index < -0.39 is 0 Å². The first-order chi connectivity index (χ1) is 7.51. The summed E-state index contributed by atoms with van der Waals surface area (Å²) in [5.41, 5.74) is 5.67. The van der Waals surface area contributed by atoms with Gasteiger partial charge in [-0.3, -0.25) is 0 Å². The third kappa shape index (κ3) is 4.02. The molecular formula is C11H20N4O. The zero-order valence-electron chi connectivity index (χ0n) is 10.1. The van der Waals surface area contributed by atoms with Gasteiger partial charge in [-0.25, -0.2) is 9.97 Å². The van der Waals surface area contributed by atoms with Crippen molar-refractivity contribution in [1.82, 2.24) is 9.97 Å². The van der Waals surface area contributed by atoms with Crippen LogP contribution in [0.25, 0.3) is 0 Å². The van der Waals surface area contributed by atoms with Crippen molar-refractivity contribution < 1.29 is 5.11 Å². The fourth-order valence-electron chi connectivity index (χ4n) is 1.57. The van der Waals surface area contributed by atoms with Crippen LogP contribution >= 0.6 is 0 Å². The van der Waals surface area contributed by atoms with Crippen molar-refractivity contribution in [1.29, 1.82) is 0 Å². The van der Waals surface area contributed by atoms with Crippen LogP contribution in [0.15, 0.2) is 6.07 Å². The minimum atomic E-state index is -0.327. The standard InChI is InChI=1S/C11H20N4O/c1-4-10-14-9(12)6-11(15-10)13-7(2)5-8(3)16/h6-8,16H,4-5H2,1-3H3,(H3,12,13,14,15). The lowest BCUT2D eigenvalue weighted by Crippen LogP contribution is -2.21. The molecule has 1 aromatic heterocycles. The van der Waals surface area contributed by atoms with Gasteiger partial charge in [0.2, 0.25) is 0 Å². The van der Waals surface area contributed by atoms with E-state index >= 15 is 0 Å². The van der Waals surface area contributed by atoms with Gasteiger partial charge < -0.3 is 16.2 Å². The van der Waals surface area contributed by atoms with Crippen LogP contribution in [0.1, 0.15) is 33.0 Å². The largest absolute Gasteiger partial charge is 0.393 e. The maximum absolute atomic E-state index is 9.26. The summed E-state index contributed by atoms with van der Waals surface area (Å²) >= 11 is 0. The molecule has 5 heteroatoms. The number of rotatable bonds is 5. The lowest BCUT2D eigenvalue weighted by atomic mass is 10.1. The fourth-order valence-corrected chi connectivity index (χ4v) is 1.57. The van der Waals surface area contributed by atoms with E-state index in [1.54, 1.807) is 13.0 Å². The highest BCUT2D eigenvalue weighted by Crippen LogP contribution is 2.11. The highest BCUT2D eigenvalue weighted by atomic mass is 16.3. The lowest BCUT2D eigenvalue weighted by Gasteiger charge is -2.16. The summed E-state index contributed by atoms with van der Waals surface area (Å²) in [6.45, 7) is 5.75. The molecule has 0 aliphatic rings. The molecule has 0 radical (unpaired) electrons. The van der Waals surface area contributed by atoms with Gasteiger partial charge in [-0.15, -0.1) is 0 Å². The van der Waals surface area contributed by atoms with E-state index in [0.717, 1.165) is 18.1 Å². The lowest BCUT2D eigenvalue weighted by molar-refractivity contribution is 0.179. The SMILES string of the molecule is CCc1nc(N)cc(NC(C)CC(C)O)n1. The topological polar surface area (TPSA) is 84.1 Å². The van der Waals surface area contributed by atoms with Crippen molar-refractivity contribution >= 4 is 11.6 Å². The summed E-state index contributed by atoms with van der Waals surface area (Å²) < 4.78 is 0. The van der Waals surface area contributed by atoms with Crippen LogP contribution in [0.4, 0.5) is 11.6 Å². The highest BCUT2D eigenvalue weighted by Gasteiger charge is 2.08. The molecule has 1 rings (SSSR count). The van der Waals surface area contributed by atoms with Gasteiger partial charge in [0.1, 0.15) is 17.5 Å². The van der Waals surface area contributed by atoms with Crippen LogP contribution in [0, 0.1) is 0 Å². The average Bonchev–Trinajstić information content (AvgIpc) is 2.14. The molecule has 0 fully saturated rings. The van der Waals surface area contributed by atoms with E-state index in [0.29, 0.717) is 12.2 Å². The molecule has 1 aromatic rings. The first-order valence-electron chi connectivity index (χ1n) is 5.59. The Kier molecular flexibility index (Phi) is 4.49. The van der Waals surface area contributed by atoms with E-state index in [2.05, 4.69) is 15.3 Å². The van der Waals surface area contributed by atoms with Crippen molar-refractivity contribution in [3.8, 4) is 0 Å². The minimum absolute atomic E-state index is 0.152. The molecule has 0 bridgehead atoms. The Hall–Kier alpha value is -1.36. The molecule has 0 aliphatic heterocycles. The summed E-state index contributed by atoms with van der Waals surface area (Å²) in [5.74, 6) is 1.92. The van der Waals surface area contributed by atoms with Gasteiger partial charge in [0, 0.05) is 18.5 Å². The first kappa shape index (κ1) is 12.7. The van der Waals surface area contributed by atoms with E-state index in [1.807, 2.05) is 13.8 Å². The van der Waals surface area contributed by atoms with Gasteiger partial charge in [-0.05, 0) is 20.3 Å². The second kappa shape index (κ2) is 5.65. The molecule has 4 N–H and O–H groups in total. The Bertz CT molecular complexity index is 341. The fraction of sp³-hybridized carbons (Fsp3) is 0.636. The van der Waals surface area contributed by atoms with Crippen molar-refractivity contribution in [2.24, 2.45) is 0 Å². The Labute approximate surface area is 96.1 Å². The van der Waals surface area contributed by atoms with Crippen LogP contribution in [-0.4, -0.2) is 27.2 Å². The average molecular weight is 224 g/mol. The van der Waals surface area contributed by atoms with Gasteiger partial charge in [0.15, 0.2) is 0 Å². The Morgan fingerprint density at radius 1 is 1.44 bits per heavy atom. The van der Waals surface area contributed by atoms with Gasteiger partial charge in [0.25, 0.3) is 0 Å². The van der Waals surface area contributed by atoms with Gasteiger partial charge in [-0.1, -0.05) is 6.92 Å². The third-order valence-corrected chi connectivity index (χ3v) is 2.20. The monoisotopic (exact) mass is 224 g/mol. The molecule has 2 unspecified atom stereocenters. The summed E-state index contributed by atoms with van der Waals surface area (Å²) in [7, 11) is 0. The minimum Gasteiger partial charge on any atom is -0.393 e. The molecule has 0 saturated heterocycles. The molecule has 0 saturated carbocycles.